The summed E-state index contributed by atoms with van der Waals surface area (Å²) in [5, 5.41) is 0. The quantitative estimate of drug-likeness (QED) is 0.395. The predicted molar refractivity (Wildman–Crippen MR) is 90.1 cm³/mol. The lowest BCUT2D eigenvalue weighted by Crippen LogP contribution is -2.34. The maximum Gasteiger partial charge on any atom is 0.475 e. The van der Waals surface area contributed by atoms with Crippen LogP contribution < -0.4 is 0 Å². The number of ketones is 2. The first kappa shape index (κ1) is 21.3. The lowest BCUT2D eigenvalue weighted by atomic mass is 9.87. The van der Waals surface area contributed by atoms with Gasteiger partial charge in [-0.2, -0.15) is 0 Å². The van der Waals surface area contributed by atoms with Gasteiger partial charge in [-0.1, -0.05) is 0 Å². The summed E-state index contributed by atoms with van der Waals surface area (Å²) < 4.78 is 87.6. The molecule has 0 N–H and O–H groups in total. The molecule has 1 unspecified atom stereocenters. The number of hydrogen-bond acceptors (Lipinski definition) is 7. The van der Waals surface area contributed by atoms with Gasteiger partial charge in [-0.05, 0) is 6.08 Å². The molecular formula is C18H15F4O7P. The maximum absolute atomic E-state index is 13.7. The minimum absolute atomic E-state index is 0.0367. The first-order valence-corrected chi connectivity index (χ1v) is 10.4. The number of halogens is 4. The smallest absolute Gasteiger partial charge is 0.369 e. The summed E-state index contributed by atoms with van der Waals surface area (Å²) in [6.07, 6.45) is -2.05. The Hall–Kier alpha value is -1.91. The van der Waals surface area contributed by atoms with Crippen LogP contribution in [0.4, 0.5) is 17.6 Å². The highest BCUT2D eigenvalue weighted by Gasteiger charge is 2.50. The molecule has 2 aliphatic heterocycles. The van der Waals surface area contributed by atoms with E-state index in [9.17, 15) is 31.7 Å². The van der Waals surface area contributed by atoms with Crippen LogP contribution in [0, 0.1) is 23.4 Å². The zero-order valence-corrected chi connectivity index (χ0v) is 16.1. The van der Waals surface area contributed by atoms with Crippen LogP contribution in [-0.4, -0.2) is 36.5 Å². The summed E-state index contributed by atoms with van der Waals surface area (Å²) in [5.41, 5.74) is -0.653. The van der Waals surface area contributed by atoms with Gasteiger partial charge in [0.2, 0.25) is 0 Å². The van der Waals surface area contributed by atoms with Crippen molar-refractivity contribution in [2.75, 3.05) is 6.61 Å². The van der Waals surface area contributed by atoms with E-state index < -0.39 is 85.5 Å². The van der Waals surface area contributed by atoms with Crippen molar-refractivity contribution in [3.05, 3.63) is 47.1 Å². The van der Waals surface area contributed by atoms with Crippen molar-refractivity contribution in [3.63, 3.8) is 0 Å². The van der Waals surface area contributed by atoms with Gasteiger partial charge in [-0.25, -0.2) is 22.1 Å². The summed E-state index contributed by atoms with van der Waals surface area (Å²) in [6, 6.07) is 0.897. The Kier molecular flexibility index (Phi) is 5.67. The number of rotatable bonds is 4. The van der Waals surface area contributed by atoms with E-state index in [1.165, 1.54) is 0 Å². The molecule has 0 radical (unpaired) electrons. The summed E-state index contributed by atoms with van der Waals surface area (Å²) in [4.78, 5) is 23.3. The normalized spacial score (nSPS) is 34.1. The third-order valence-electron chi connectivity index (χ3n) is 5.06. The minimum Gasteiger partial charge on any atom is -0.369 e. The molecule has 1 aromatic rings. The molecule has 5 atom stereocenters. The second-order valence-electron chi connectivity index (χ2n) is 7.06. The molecule has 0 spiro atoms. The summed E-state index contributed by atoms with van der Waals surface area (Å²) in [6.45, 7) is -1.10. The van der Waals surface area contributed by atoms with Gasteiger partial charge >= 0.3 is 7.82 Å². The van der Waals surface area contributed by atoms with E-state index in [2.05, 4.69) is 0 Å². The van der Waals surface area contributed by atoms with E-state index in [0.29, 0.717) is 12.1 Å². The lowest BCUT2D eigenvalue weighted by Gasteiger charge is -2.30. The molecule has 12 heteroatoms. The van der Waals surface area contributed by atoms with Crippen LogP contribution in [0.3, 0.4) is 0 Å². The number of phosphoric ester groups is 1. The molecule has 162 valence electrons. The van der Waals surface area contributed by atoms with E-state index in [1.54, 1.807) is 0 Å². The number of carbonyl (C=O) groups excluding carboxylic acids is 2. The second-order valence-corrected chi connectivity index (χ2v) is 8.69. The summed E-state index contributed by atoms with van der Waals surface area (Å²) in [7, 11) is -4.24. The Bertz CT molecular complexity index is 958. The monoisotopic (exact) mass is 450 g/mol. The number of Topliss-reactive ketones (excluding diaryl/α,β-unsaturated/α-hetero) is 2. The third kappa shape index (κ3) is 4.13. The van der Waals surface area contributed by atoms with Gasteiger partial charge in [0.05, 0.1) is 37.2 Å². The number of carbonyl (C=O) groups is 2. The van der Waals surface area contributed by atoms with Crippen LogP contribution in [0.5, 0.6) is 0 Å². The zero-order chi connectivity index (χ0) is 21.6. The van der Waals surface area contributed by atoms with Crippen molar-refractivity contribution >= 4 is 19.4 Å². The second kappa shape index (κ2) is 7.97. The molecule has 3 aliphatic rings. The van der Waals surface area contributed by atoms with E-state index >= 15 is 0 Å². The van der Waals surface area contributed by atoms with Crippen LogP contribution in [0.15, 0.2) is 24.0 Å². The number of benzene rings is 1. The van der Waals surface area contributed by atoms with E-state index in [0.717, 1.165) is 6.08 Å². The maximum atomic E-state index is 13.7. The highest BCUT2D eigenvalue weighted by molar-refractivity contribution is 7.48. The topological polar surface area (TPSA) is 88.1 Å². The fraction of sp³-hybridized carbons (Fsp3) is 0.444. The molecule has 4 rings (SSSR count). The highest BCUT2D eigenvalue weighted by atomic mass is 31.2. The molecule has 0 amide bonds. The van der Waals surface area contributed by atoms with Crippen LogP contribution in [0.2, 0.25) is 0 Å². The number of hydrogen-bond donors (Lipinski definition) is 0. The molecule has 2 fully saturated rings. The molecule has 0 aromatic heterocycles. The van der Waals surface area contributed by atoms with Gasteiger partial charge in [0.25, 0.3) is 0 Å². The van der Waals surface area contributed by atoms with Crippen molar-refractivity contribution < 1.29 is 50.0 Å². The van der Waals surface area contributed by atoms with Gasteiger partial charge in [-0.3, -0.25) is 23.2 Å². The first-order valence-electron chi connectivity index (χ1n) is 8.95. The van der Waals surface area contributed by atoms with Gasteiger partial charge in [0.15, 0.2) is 11.6 Å². The molecule has 30 heavy (non-hydrogen) atoms. The molecule has 7 nitrogen and oxygen atoms in total. The molecule has 1 aliphatic carbocycles. The summed E-state index contributed by atoms with van der Waals surface area (Å²) >= 11 is 0. The van der Waals surface area contributed by atoms with E-state index in [4.69, 9.17) is 18.3 Å². The Morgan fingerprint density at radius 3 is 2.47 bits per heavy atom. The average molecular weight is 450 g/mol. The molecule has 0 saturated carbocycles. The van der Waals surface area contributed by atoms with Crippen molar-refractivity contribution in [1.29, 1.82) is 0 Å². The number of allylic oxidation sites excluding steroid dienone is 1. The largest absolute Gasteiger partial charge is 0.475 e. The van der Waals surface area contributed by atoms with Gasteiger partial charge in [0.1, 0.15) is 35.4 Å². The van der Waals surface area contributed by atoms with E-state index in [-0.39, 0.29) is 13.0 Å². The van der Waals surface area contributed by atoms with Crippen molar-refractivity contribution in [2.24, 2.45) is 5.92 Å². The Morgan fingerprint density at radius 2 is 1.77 bits per heavy atom. The van der Waals surface area contributed by atoms with Crippen LogP contribution in [0.1, 0.15) is 18.4 Å². The molecule has 2 heterocycles. The fourth-order valence-electron chi connectivity index (χ4n) is 3.54. The molecule has 0 bridgehead atoms. The SMILES string of the molecule is O=C1CC(=O)C([C@H]2C[C@@H]3O[P@@](=O)(OCc4c(F)cc(F)cc4F)OC[C@H]3O2)C=C1F. The van der Waals surface area contributed by atoms with Crippen LogP contribution in [0.25, 0.3) is 0 Å². The average Bonchev–Trinajstić information content (AvgIpc) is 3.06. The Balaban J connectivity index is 1.42. The number of ether oxygens (including phenoxy) is 1. The van der Waals surface area contributed by atoms with Crippen molar-refractivity contribution in [3.8, 4) is 0 Å². The zero-order valence-electron chi connectivity index (χ0n) is 15.2. The third-order valence-corrected chi connectivity index (χ3v) is 6.50. The number of fused-ring (bicyclic) bond motifs is 1. The molecule has 2 saturated heterocycles. The minimum atomic E-state index is -4.24. The van der Waals surface area contributed by atoms with Crippen LogP contribution in [-0.2, 0) is 39.1 Å². The summed E-state index contributed by atoms with van der Waals surface area (Å²) in [5.74, 6) is -6.99. The highest BCUT2D eigenvalue weighted by Crippen LogP contribution is 2.56. The Morgan fingerprint density at radius 1 is 1.07 bits per heavy atom. The fourth-order valence-corrected chi connectivity index (χ4v) is 4.90. The number of phosphoric acid groups is 1. The van der Waals surface area contributed by atoms with Crippen molar-refractivity contribution in [1.82, 2.24) is 0 Å². The van der Waals surface area contributed by atoms with Gasteiger partial charge in [0, 0.05) is 18.6 Å². The predicted octanol–water partition coefficient (Wildman–Crippen LogP) is 3.31. The Labute approximate surface area is 167 Å². The lowest BCUT2D eigenvalue weighted by molar-refractivity contribution is -0.132. The van der Waals surface area contributed by atoms with Crippen molar-refractivity contribution in [2.45, 2.75) is 37.8 Å². The van der Waals surface area contributed by atoms with Gasteiger partial charge < -0.3 is 4.74 Å². The standard InChI is InChI=1S/C18H15F4O7P/c19-8-1-11(20)10(12(21)2-8)6-26-30(25)27-7-18-17(29-30)5-16(28-18)9-3-13(22)15(24)4-14(9)23/h1-3,9,16-18H,4-7H2/t9?,16-,17+,18-,30+/m1/s1. The van der Waals surface area contributed by atoms with Crippen LogP contribution >= 0.6 is 7.82 Å². The first-order chi connectivity index (χ1) is 14.1. The molecule has 1 aromatic carbocycles. The molecular weight excluding hydrogens is 435 g/mol. The van der Waals surface area contributed by atoms with E-state index in [1.807, 2.05) is 0 Å². The van der Waals surface area contributed by atoms with Gasteiger partial charge in [-0.15, -0.1) is 0 Å².